The molecule has 0 saturated carbocycles. The molecular formula is C33H35N3O7S. The molecule has 0 atom stereocenters. The van der Waals surface area contributed by atoms with Gasteiger partial charge in [-0.15, -0.1) is 0 Å². The van der Waals surface area contributed by atoms with Crippen LogP contribution in [0.1, 0.15) is 23.2 Å². The summed E-state index contributed by atoms with van der Waals surface area (Å²) in [6.45, 7) is 4.14. The lowest BCUT2D eigenvalue weighted by atomic mass is 10.0. The van der Waals surface area contributed by atoms with Crippen molar-refractivity contribution >= 4 is 15.9 Å². The van der Waals surface area contributed by atoms with E-state index >= 15 is 0 Å². The molecule has 0 aliphatic heterocycles. The van der Waals surface area contributed by atoms with Gasteiger partial charge < -0.3 is 23.2 Å². The summed E-state index contributed by atoms with van der Waals surface area (Å²) >= 11 is 0. The lowest BCUT2D eigenvalue weighted by molar-refractivity contribution is 0.0744. The molecule has 0 amide bonds. The average Bonchev–Trinajstić information content (AvgIpc) is 3.70. The van der Waals surface area contributed by atoms with E-state index in [0.29, 0.717) is 52.8 Å². The van der Waals surface area contributed by atoms with Crippen molar-refractivity contribution in [2.24, 2.45) is 0 Å². The number of aromatic nitrogens is 2. The van der Waals surface area contributed by atoms with Crippen LogP contribution in [0, 0.1) is 13.8 Å². The van der Waals surface area contributed by atoms with Crippen LogP contribution in [0.25, 0.3) is 22.6 Å². The monoisotopic (exact) mass is 617 g/mol. The number of rotatable bonds is 15. The zero-order valence-corrected chi connectivity index (χ0v) is 25.7. The highest BCUT2D eigenvalue weighted by atomic mass is 32.2. The highest BCUT2D eigenvalue weighted by Crippen LogP contribution is 2.39. The quantitative estimate of drug-likeness (QED) is 0.0966. The minimum absolute atomic E-state index is 0.0572. The molecule has 0 spiro atoms. The second kappa shape index (κ2) is 14.3. The topological polar surface area (TPSA) is 117 Å². The van der Waals surface area contributed by atoms with E-state index in [1.165, 1.54) is 11.8 Å². The summed E-state index contributed by atoms with van der Waals surface area (Å²) in [5.74, 6) is 1.03. The maximum absolute atomic E-state index is 14.4. The van der Waals surface area contributed by atoms with Crippen molar-refractivity contribution < 1.29 is 31.6 Å². The van der Waals surface area contributed by atoms with Crippen molar-refractivity contribution in [1.82, 2.24) is 10.1 Å². The van der Waals surface area contributed by atoms with Crippen LogP contribution in [0.2, 0.25) is 0 Å². The molecule has 11 heteroatoms. The maximum atomic E-state index is 14.4. The largest absolute Gasteiger partial charge is 0.493 e. The molecule has 0 unspecified atom stereocenters. The van der Waals surface area contributed by atoms with E-state index in [2.05, 4.69) is 22.3 Å². The van der Waals surface area contributed by atoms with Gasteiger partial charge in [0.25, 0.3) is 10.0 Å². The third-order valence-corrected chi connectivity index (χ3v) is 8.88. The van der Waals surface area contributed by atoms with Crippen LogP contribution >= 0.6 is 0 Å². The van der Waals surface area contributed by atoms with Gasteiger partial charge >= 0.3 is 0 Å². The van der Waals surface area contributed by atoms with Crippen LogP contribution < -0.4 is 9.04 Å². The normalized spacial score (nSPS) is 11.5. The first-order valence-corrected chi connectivity index (χ1v) is 15.7. The SMILES string of the molecule is COCCOCN(c1onc(C)c1C)S(=O)(=O)c1ccccc1-c1ccc(-c2ncco2)cc1OCCCc1ccccc1. The zero-order chi connectivity index (χ0) is 30.9. The van der Waals surface area contributed by atoms with Gasteiger partial charge in [0.2, 0.25) is 11.8 Å². The first-order chi connectivity index (χ1) is 21.4. The van der Waals surface area contributed by atoms with Crippen molar-refractivity contribution in [1.29, 1.82) is 0 Å². The van der Waals surface area contributed by atoms with E-state index in [4.69, 9.17) is 23.2 Å². The Morgan fingerprint density at radius 1 is 0.909 bits per heavy atom. The van der Waals surface area contributed by atoms with E-state index in [9.17, 15) is 8.42 Å². The molecule has 0 radical (unpaired) electrons. The lowest BCUT2D eigenvalue weighted by Gasteiger charge is -2.24. The van der Waals surface area contributed by atoms with Crippen molar-refractivity contribution in [2.45, 2.75) is 31.6 Å². The fourth-order valence-electron chi connectivity index (χ4n) is 4.66. The molecule has 0 saturated heterocycles. The van der Waals surface area contributed by atoms with Gasteiger partial charge in [-0.1, -0.05) is 53.7 Å². The Hall–Kier alpha value is -4.45. The number of oxazole rings is 1. The molecule has 0 fully saturated rings. The van der Waals surface area contributed by atoms with Gasteiger partial charge in [-0.3, -0.25) is 0 Å². The Bertz CT molecular complexity index is 1750. The van der Waals surface area contributed by atoms with Crippen molar-refractivity contribution in [3.63, 3.8) is 0 Å². The highest BCUT2D eigenvalue weighted by Gasteiger charge is 2.33. The number of hydrogen-bond donors (Lipinski definition) is 0. The minimum Gasteiger partial charge on any atom is -0.493 e. The van der Waals surface area contributed by atoms with Gasteiger partial charge in [-0.05, 0) is 56.5 Å². The first-order valence-electron chi connectivity index (χ1n) is 14.2. The van der Waals surface area contributed by atoms with E-state index < -0.39 is 10.0 Å². The summed E-state index contributed by atoms with van der Waals surface area (Å²) in [6.07, 6.45) is 4.68. The standard InChI is InChI=1S/C33H35N3O7S/c1-24-25(2)35-43-33(24)36(23-40-21-20-39-3)44(37,38)31-14-8-7-13-29(31)28-16-15-27(32-34-17-19-42-32)22-30(28)41-18-9-12-26-10-5-4-6-11-26/h4-8,10-11,13-17,19,22H,9,12,18,20-21,23H2,1-3H3. The molecule has 5 rings (SSSR count). The highest BCUT2D eigenvalue weighted by molar-refractivity contribution is 7.93. The molecular weight excluding hydrogens is 582 g/mol. The predicted molar refractivity (Wildman–Crippen MR) is 166 cm³/mol. The summed E-state index contributed by atoms with van der Waals surface area (Å²) in [6, 6.07) is 22.4. The summed E-state index contributed by atoms with van der Waals surface area (Å²) in [4.78, 5) is 4.32. The Morgan fingerprint density at radius 2 is 1.70 bits per heavy atom. The number of aryl methyl sites for hydroxylation is 2. The molecule has 0 bridgehead atoms. The van der Waals surface area contributed by atoms with E-state index in [1.807, 2.05) is 36.4 Å². The number of hydrogen-bond acceptors (Lipinski definition) is 9. The number of benzene rings is 3. The molecule has 44 heavy (non-hydrogen) atoms. The molecule has 0 aliphatic rings. The lowest BCUT2D eigenvalue weighted by Crippen LogP contribution is -2.34. The summed E-state index contributed by atoms with van der Waals surface area (Å²) in [5.41, 5.74) is 4.16. The Morgan fingerprint density at radius 3 is 2.43 bits per heavy atom. The molecule has 2 heterocycles. The van der Waals surface area contributed by atoms with Gasteiger partial charge in [-0.2, -0.15) is 0 Å². The molecule has 230 valence electrons. The molecule has 0 aliphatic carbocycles. The third kappa shape index (κ3) is 7.02. The summed E-state index contributed by atoms with van der Waals surface area (Å²) < 4.78 is 58.0. The van der Waals surface area contributed by atoms with Crippen LogP contribution in [-0.4, -0.2) is 52.2 Å². The third-order valence-electron chi connectivity index (χ3n) is 7.12. The summed E-state index contributed by atoms with van der Waals surface area (Å²) in [7, 11) is -2.66. The van der Waals surface area contributed by atoms with E-state index in [0.717, 1.165) is 17.1 Å². The van der Waals surface area contributed by atoms with Gasteiger partial charge in [0.05, 0.1) is 36.6 Å². The second-order valence-electron chi connectivity index (χ2n) is 10.1. The Balaban J connectivity index is 1.52. The Kier molecular flexibility index (Phi) is 10.1. The van der Waals surface area contributed by atoms with Crippen LogP contribution in [0.15, 0.2) is 99.1 Å². The molecule has 3 aromatic carbocycles. The van der Waals surface area contributed by atoms with E-state index in [1.54, 1.807) is 51.4 Å². The van der Waals surface area contributed by atoms with Crippen LogP contribution in [-0.2, 0) is 25.9 Å². The molecule has 10 nitrogen and oxygen atoms in total. The number of nitrogens with zero attached hydrogens (tertiary/aromatic N) is 3. The van der Waals surface area contributed by atoms with Crippen LogP contribution in [0.5, 0.6) is 5.75 Å². The van der Waals surface area contributed by atoms with Crippen LogP contribution in [0.3, 0.4) is 0 Å². The van der Waals surface area contributed by atoms with Gasteiger partial charge in [-0.25, -0.2) is 17.7 Å². The minimum atomic E-state index is -4.21. The average molecular weight is 618 g/mol. The zero-order valence-electron chi connectivity index (χ0n) is 24.9. The molecule has 5 aromatic rings. The molecule has 2 aromatic heterocycles. The second-order valence-corrected chi connectivity index (χ2v) is 11.9. The first kappa shape index (κ1) is 31.0. The smallest absolute Gasteiger partial charge is 0.269 e. The van der Waals surface area contributed by atoms with Crippen molar-refractivity contribution in [3.8, 4) is 28.3 Å². The number of sulfonamides is 1. The van der Waals surface area contributed by atoms with Gasteiger partial charge in [0.1, 0.15) is 18.7 Å². The van der Waals surface area contributed by atoms with Crippen molar-refractivity contribution in [3.05, 3.63) is 102 Å². The predicted octanol–water partition coefficient (Wildman–Crippen LogP) is 6.44. The Labute approximate surface area is 257 Å². The molecule has 0 N–H and O–H groups in total. The number of ether oxygens (including phenoxy) is 3. The maximum Gasteiger partial charge on any atom is 0.269 e. The van der Waals surface area contributed by atoms with Crippen molar-refractivity contribution in [2.75, 3.05) is 38.0 Å². The number of methoxy groups -OCH3 is 1. The number of anilines is 1. The fraction of sp³-hybridized carbons (Fsp3) is 0.273. The van der Waals surface area contributed by atoms with Gasteiger partial charge in [0.15, 0.2) is 0 Å². The summed E-state index contributed by atoms with van der Waals surface area (Å²) in [5, 5.41) is 3.98. The van der Waals surface area contributed by atoms with E-state index in [-0.39, 0.29) is 24.1 Å². The fourth-order valence-corrected chi connectivity index (χ4v) is 6.21. The van der Waals surface area contributed by atoms with Gasteiger partial charge in [0, 0.05) is 29.4 Å². The van der Waals surface area contributed by atoms with Crippen LogP contribution in [0.4, 0.5) is 5.88 Å².